The maximum Gasteiger partial charge on any atom is 0.189 e. The number of aromatic hydroxyl groups is 3. The molecule has 2 aromatic rings. The van der Waals surface area contributed by atoms with Crippen molar-refractivity contribution in [3.05, 3.63) is 70.8 Å². The van der Waals surface area contributed by atoms with Crippen LogP contribution in [0.4, 0.5) is 0 Å². The Morgan fingerprint density at radius 1 is 1.00 bits per heavy atom. The van der Waals surface area contributed by atoms with E-state index in [1.807, 2.05) is 19.9 Å². The third kappa shape index (κ3) is 4.26. The number of carbonyl (C=O) groups excluding carboxylic acids is 1. The van der Waals surface area contributed by atoms with Crippen molar-refractivity contribution in [2.75, 3.05) is 0 Å². The van der Waals surface area contributed by atoms with E-state index in [-0.39, 0.29) is 22.8 Å². The number of hydrogen-bond donors (Lipinski definition) is 3. The van der Waals surface area contributed by atoms with Gasteiger partial charge in [-0.1, -0.05) is 29.8 Å². The Hall–Kier alpha value is -3.01. The van der Waals surface area contributed by atoms with Crippen LogP contribution in [-0.4, -0.2) is 21.1 Å². The zero-order chi connectivity index (χ0) is 17.7. The van der Waals surface area contributed by atoms with Crippen LogP contribution in [0, 0.1) is 0 Å². The first-order valence-electron chi connectivity index (χ1n) is 7.57. The zero-order valence-corrected chi connectivity index (χ0v) is 13.7. The molecule has 0 aromatic heterocycles. The van der Waals surface area contributed by atoms with Gasteiger partial charge < -0.3 is 15.3 Å². The van der Waals surface area contributed by atoms with E-state index in [9.17, 15) is 20.1 Å². The predicted octanol–water partition coefficient (Wildman–Crippen LogP) is 4.21. The average Bonchev–Trinajstić information content (AvgIpc) is 2.53. The number of hydrogen-bond acceptors (Lipinski definition) is 4. The monoisotopic (exact) mass is 324 g/mol. The molecule has 0 aliphatic heterocycles. The molecular weight excluding hydrogens is 304 g/mol. The van der Waals surface area contributed by atoms with Crippen LogP contribution in [0.25, 0.3) is 6.08 Å². The molecule has 3 N–H and O–H groups in total. The van der Waals surface area contributed by atoms with Crippen LogP contribution in [0.15, 0.2) is 54.1 Å². The standard InChI is InChI=1S/C20H20O4/c1-13(2)7-8-15-11-16(20(24)12-19(15)23)18(22)10-9-14-5-3-4-6-17(14)21/h3-7,9-12,21,23-24H,8H2,1-2H3. The molecular formula is C20H20O4. The highest BCUT2D eigenvalue weighted by Gasteiger charge is 2.13. The van der Waals surface area contributed by atoms with E-state index in [2.05, 4.69) is 0 Å². The second-order valence-electron chi connectivity index (χ2n) is 5.74. The minimum absolute atomic E-state index is 0.0498. The molecule has 24 heavy (non-hydrogen) atoms. The summed E-state index contributed by atoms with van der Waals surface area (Å²) in [6.07, 6.45) is 5.17. The van der Waals surface area contributed by atoms with Gasteiger partial charge in [0.05, 0.1) is 5.56 Å². The maximum absolute atomic E-state index is 12.3. The average molecular weight is 324 g/mol. The summed E-state index contributed by atoms with van der Waals surface area (Å²) in [5, 5.41) is 29.5. The van der Waals surface area contributed by atoms with Gasteiger partial charge in [0.1, 0.15) is 17.2 Å². The Morgan fingerprint density at radius 3 is 2.38 bits per heavy atom. The molecule has 4 heteroatoms. The highest BCUT2D eigenvalue weighted by molar-refractivity contribution is 6.09. The quantitative estimate of drug-likeness (QED) is 0.437. The maximum atomic E-state index is 12.3. The fourth-order valence-corrected chi connectivity index (χ4v) is 2.18. The molecule has 0 aliphatic rings. The Labute approximate surface area is 141 Å². The van der Waals surface area contributed by atoms with Gasteiger partial charge in [0, 0.05) is 11.6 Å². The molecule has 0 bridgehead atoms. The van der Waals surface area contributed by atoms with Crippen molar-refractivity contribution in [1.29, 1.82) is 0 Å². The molecule has 0 heterocycles. The van der Waals surface area contributed by atoms with Crippen LogP contribution in [0.1, 0.15) is 35.3 Å². The molecule has 2 rings (SSSR count). The number of ketones is 1. The number of para-hydroxylation sites is 1. The van der Waals surface area contributed by atoms with Crippen LogP contribution < -0.4 is 0 Å². The van der Waals surface area contributed by atoms with E-state index >= 15 is 0 Å². The summed E-state index contributed by atoms with van der Waals surface area (Å²) < 4.78 is 0. The van der Waals surface area contributed by atoms with Crippen molar-refractivity contribution in [3.8, 4) is 17.2 Å². The summed E-state index contributed by atoms with van der Waals surface area (Å²) in [7, 11) is 0. The molecule has 0 aliphatic carbocycles. The van der Waals surface area contributed by atoms with Crippen molar-refractivity contribution in [3.63, 3.8) is 0 Å². The van der Waals surface area contributed by atoms with Gasteiger partial charge >= 0.3 is 0 Å². The van der Waals surface area contributed by atoms with Crippen molar-refractivity contribution < 1.29 is 20.1 Å². The van der Waals surface area contributed by atoms with Gasteiger partial charge in [-0.3, -0.25) is 4.79 Å². The zero-order valence-electron chi connectivity index (χ0n) is 13.7. The number of allylic oxidation sites excluding steroid dienone is 3. The van der Waals surface area contributed by atoms with Gasteiger partial charge in [0.2, 0.25) is 0 Å². The minimum atomic E-state index is -0.408. The van der Waals surface area contributed by atoms with Crippen LogP contribution in [0.3, 0.4) is 0 Å². The lowest BCUT2D eigenvalue weighted by atomic mass is 10.0. The SMILES string of the molecule is CC(C)=CCc1cc(C(=O)C=Cc2ccccc2O)c(O)cc1O. The molecule has 2 aromatic carbocycles. The van der Waals surface area contributed by atoms with Crippen LogP contribution in [0.5, 0.6) is 17.2 Å². The highest BCUT2D eigenvalue weighted by atomic mass is 16.3. The minimum Gasteiger partial charge on any atom is -0.508 e. The molecule has 0 saturated heterocycles. The first kappa shape index (κ1) is 17.3. The molecule has 0 amide bonds. The van der Waals surface area contributed by atoms with Crippen LogP contribution in [0.2, 0.25) is 0 Å². The fraction of sp³-hybridized carbons (Fsp3) is 0.150. The summed E-state index contributed by atoms with van der Waals surface area (Å²) in [6.45, 7) is 3.89. The van der Waals surface area contributed by atoms with Gasteiger partial charge in [0.25, 0.3) is 0 Å². The molecule has 0 saturated carbocycles. The second-order valence-corrected chi connectivity index (χ2v) is 5.74. The van der Waals surface area contributed by atoms with Crippen LogP contribution >= 0.6 is 0 Å². The van der Waals surface area contributed by atoms with E-state index in [0.717, 1.165) is 5.57 Å². The number of phenols is 3. The van der Waals surface area contributed by atoms with Crippen molar-refractivity contribution >= 4 is 11.9 Å². The fourth-order valence-electron chi connectivity index (χ4n) is 2.18. The Kier molecular flexibility index (Phi) is 5.42. The molecule has 0 radical (unpaired) electrons. The lowest BCUT2D eigenvalue weighted by Gasteiger charge is -2.07. The lowest BCUT2D eigenvalue weighted by molar-refractivity contribution is 0.104. The number of benzene rings is 2. The van der Waals surface area contributed by atoms with Crippen molar-refractivity contribution in [1.82, 2.24) is 0 Å². The molecule has 0 fully saturated rings. The van der Waals surface area contributed by atoms with Gasteiger partial charge in [0.15, 0.2) is 5.78 Å². The van der Waals surface area contributed by atoms with Gasteiger partial charge in [-0.2, -0.15) is 0 Å². The third-order valence-electron chi connectivity index (χ3n) is 3.54. The Bertz CT molecular complexity index is 812. The molecule has 4 nitrogen and oxygen atoms in total. The van der Waals surface area contributed by atoms with Crippen LogP contribution in [-0.2, 0) is 6.42 Å². The Morgan fingerprint density at radius 2 is 1.71 bits per heavy atom. The highest BCUT2D eigenvalue weighted by Crippen LogP contribution is 2.29. The third-order valence-corrected chi connectivity index (χ3v) is 3.54. The first-order valence-corrected chi connectivity index (χ1v) is 7.57. The smallest absolute Gasteiger partial charge is 0.189 e. The second kappa shape index (κ2) is 7.51. The van der Waals surface area contributed by atoms with Crippen molar-refractivity contribution in [2.45, 2.75) is 20.3 Å². The number of carbonyl (C=O) groups is 1. The number of rotatable bonds is 5. The molecule has 0 spiro atoms. The summed E-state index contributed by atoms with van der Waals surface area (Å²) in [4.78, 5) is 12.3. The van der Waals surface area contributed by atoms with E-state index in [1.165, 1.54) is 30.4 Å². The molecule has 0 unspecified atom stereocenters. The first-order chi connectivity index (χ1) is 11.4. The summed E-state index contributed by atoms with van der Waals surface area (Å²) >= 11 is 0. The van der Waals surface area contributed by atoms with Gasteiger partial charge in [-0.05, 0) is 50.1 Å². The van der Waals surface area contributed by atoms with E-state index in [1.54, 1.807) is 18.2 Å². The molecule has 124 valence electrons. The largest absolute Gasteiger partial charge is 0.508 e. The summed E-state index contributed by atoms with van der Waals surface area (Å²) in [6, 6.07) is 9.31. The summed E-state index contributed by atoms with van der Waals surface area (Å²) in [5.74, 6) is -0.665. The van der Waals surface area contributed by atoms with Gasteiger partial charge in [-0.25, -0.2) is 0 Å². The topological polar surface area (TPSA) is 77.8 Å². The number of phenolic OH excluding ortho intramolecular Hbond substituents is 3. The van der Waals surface area contributed by atoms with E-state index in [4.69, 9.17) is 0 Å². The normalized spacial score (nSPS) is 10.8. The van der Waals surface area contributed by atoms with E-state index in [0.29, 0.717) is 17.5 Å². The lowest BCUT2D eigenvalue weighted by Crippen LogP contribution is -1.97. The predicted molar refractivity (Wildman–Crippen MR) is 94.4 cm³/mol. The summed E-state index contributed by atoms with van der Waals surface area (Å²) in [5.41, 5.74) is 2.27. The van der Waals surface area contributed by atoms with Crippen molar-refractivity contribution in [2.24, 2.45) is 0 Å². The van der Waals surface area contributed by atoms with Gasteiger partial charge in [-0.15, -0.1) is 0 Å². The van der Waals surface area contributed by atoms with E-state index < -0.39 is 5.78 Å². The molecule has 0 atom stereocenters. The Balaban J connectivity index is 2.30.